The summed E-state index contributed by atoms with van der Waals surface area (Å²) in [5.74, 6) is -7.93. The van der Waals surface area contributed by atoms with Crippen molar-refractivity contribution in [3.05, 3.63) is 35.5 Å². The Labute approximate surface area is 368 Å². The van der Waals surface area contributed by atoms with Crippen LogP contribution in [0.25, 0.3) is 0 Å². The molecule has 3 N–H and O–H groups in total. The summed E-state index contributed by atoms with van der Waals surface area (Å²) in [6, 6.07) is -1.16. The molecule has 1 aliphatic carbocycles. The van der Waals surface area contributed by atoms with Gasteiger partial charge >= 0.3 is 5.97 Å². The maximum atomic E-state index is 14.4. The van der Waals surface area contributed by atoms with Crippen molar-refractivity contribution in [3.63, 3.8) is 0 Å². The van der Waals surface area contributed by atoms with Gasteiger partial charge in [-0.15, -0.1) is 0 Å². The average molecular weight is 874 g/mol. The molecular formula is C48H75NO13. The second-order valence-corrected chi connectivity index (χ2v) is 18.7. The smallest absolute Gasteiger partial charge is 0.329 e. The number of ketones is 3. The van der Waals surface area contributed by atoms with E-state index in [0.29, 0.717) is 69.8 Å². The highest BCUT2D eigenvalue weighted by atomic mass is 16.7. The van der Waals surface area contributed by atoms with Crippen molar-refractivity contribution in [2.75, 3.05) is 27.9 Å². The molecule has 1 saturated carbocycles. The summed E-state index contributed by atoms with van der Waals surface area (Å²) in [5, 5.41) is 34.4. The predicted molar refractivity (Wildman–Crippen MR) is 231 cm³/mol. The lowest BCUT2D eigenvalue weighted by Crippen LogP contribution is -2.64. The third-order valence-electron chi connectivity index (χ3n) is 13.7. The van der Waals surface area contributed by atoms with Crippen LogP contribution < -0.4 is 0 Å². The standard InChI is InChI=1S/C48H75NO13/c1-28-21-29(2)23-41(59-8)44-42(60-9)25-31(4)48(57,62-44)45(54)46(55)49-20-14-13-17-36(49)47(56)61-43(30(3)24-34-18-19-37(51)40(26-34)58-7)33(6)38(52)27-39(53)35(22-28)16-12-10-11-15-32(5)50/h10,12,22,24,29,31,33-38,40-44,51-52,57H,11,13-21,23,25-27H2,1-9H3/b12-10+,28-22+,30-24+/t29-,31+,33+,34-,35+,36-,37+,38-,40+,41-,42-,43+,44+,48+/m0/s1. The van der Waals surface area contributed by atoms with Crippen LogP contribution in [0.1, 0.15) is 125 Å². The van der Waals surface area contributed by atoms with Gasteiger partial charge in [0, 0.05) is 58.5 Å². The summed E-state index contributed by atoms with van der Waals surface area (Å²) in [6.07, 6.45) is 7.60. The lowest BCUT2D eigenvalue weighted by Gasteiger charge is -2.47. The third-order valence-corrected chi connectivity index (χ3v) is 13.7. The number of ether oxygens (including phenoxy) is 5. The lowest BCUT2D eigenvalue weighted by molar-refractivity contribution is -0.302. The molecule has 4 rings (SSSR count). The monoisotopic (exact) mass is 874 g/mol. The van der Waals surface area contributed by atoms with Crippen molar-refractivity contribution in [1.29, 1.82) is 0 Å². The van der Waals surface area contributed by atoms with E-state index in [0.717, 1.165) is 5.57 Å². The molecule has 62 heavy (non-hydrogen) atoms. The molecule has 0 unspecified atom stereocenters. The first-order valence-electron chi connectivity index (χ1n) is 22.8. The quantitative estimate of drug-likeness (QED) is 0.144. The van der Waals surface area contributed by atoms with Gasteiger partial charge in [-0.05, 0) is 109 Å². The Kier molecular flexibility index (Phi) is 19.7. The van der Waals surface area contributed by atoms with E-state index < -0.39 is 83.9 Å². The van der Waals surface area contributed by atoms with Crippen molar-refractivity contribution in [2.45, 2.75) is 180 Å². The number of methoxy groups -OCH3 is 3. The normalized spacial score (nSPS) is 38.8. The molecule has 3 aliphatic heterocycles. The minimum atomic E-state index is -2.53. The van der Waals surface area contributed by atoms with Crippen LogP contribution in [0, 0.1) is 29.6 Å². The minimum Gasteiger partial charge on any atom is -0.456 e. The van der Waals surface area contributed by atoms with Gasteiger partial charge in [0.2, 0.25) is 5.79 Å². The molecule has 1 amide bonds. The number of piperidine rings is 1. The first-order valence-corrected chi connectivity index (χ1v) is 22.8. The number of hydrogen-bond acceptors (Lipinski definition) is 13. The van der Waals surface area contributed by atoms with Gasteiger partial charge in [-0.25, -0.2) is 4.79 Å². The van der Waals surface area contributed by atoms with E-state index in [1.807, 2.05) is 38.2 Å². The Morgan fingerprint density at radius 3 is 2.23 bits per heavy atom. The van der Waals surface area contributed by atoms with Gasteiger partial charge in [0.25, 0.3) is 11.7 Å². The molecule has 3 heterocycles. The lowest BCUT2D eigenvalue weighted by atomic mass is 9.81. The van der Waals surface area contributed by atoms with E-state index in [1.54, 1.807) is 27.9 Å². The summed E-state index contributed by atoms with van der Waals surface area (Å²) in [6.45, 7) is 10.7. The second kappa shape index (κ2) is 23.7. The maximum absolute atomic E-state index is 14.4. The number of aliphatic hydroxyl groups is 3. The fraction of sp³-hybridized carbons (Fsp3) is 0.771. The van der Waals surface area contributed by atoms with Crippen molar-refractivity contribution in [1.82, 2.24) is 4.90 Å². The van der Waals surface area contributed by atoms with E-state index in [-0.39, 0.29) is 55.3 Å². The highest BCUT2D eigenvalue weighted by molar-refractivity contribution is 6.39. The Morgan fingerprint density at radius 2 is 1.56 bits per heavy atom. The first kappa shape index (κ1) is 51.5. The summed E-state index contributed by atoms with van der Waals surface area (Å²) in [5.41, 5.74) is 1.57. The molecular weight excluding hydrogens is 799 g/mol. The van der Waals surface area contributed by atoms with Crippen LogP contribution >= 0.6 is 0 Å². The number of aliphatic hydroxyl groups excluding tert-OH is 2. The molecule has 0 aromatic rings. The van der Waals surface area contributed by atoms with E-state index in [9.17, 15) is 39.3 Å². The van der Waals surface area contributed by atoms with Gasteiger partial charge < -0.3 is 48.7 Å². The van der Waals surface area contributed by atoms with Crippen LogP contribution in [0.3, 0.4) is 0 Å². The van der Waals surface area contributed by atoms with E-state index >= 15 is 0 Å². The van der Waals surface area contributed by atoms with Gasteiger partial charge in [0.15, 0.2) is 0 Å². The largest absolute Gasteiger partial charge is 0.456 e. The molecule has 2 saturated heterocycles. The highest BCUT2D eigenvalue weighted by Crippen LogP contribution is 2.39. The zero-order valence-electron chi connectivity index (χ0n) is 38.6. The molecule has 14 atom stereocenters. The number of amides is 1. The number of carbonyl (C=O) groups is 5. The number of esters is 1. The number of rotatable bonds is 10. The van der Waals surface area contributed by atoms with Gasteiger partial charge in [-0.3, -0.25) is 14.4 Å². The van der Waals surface area contributed by atoms with Gasteiger partial charge in [0.1, 0.15) is 29.8 Å². The molecule has 350 valence electrons. The highest BCUT2D eigenvalue weighted by Gasteiger charge is 2.56. The topological polar surface area (TPSA) is 195 Å². The number of allylic oxidation sites excluding steroid dienone is 5. The van der Waals surface area contributed by atoms with Gasteiger partial charge in [0.05, 0.1) is 30.5 Å². The molecule has 2 bridgehead atoms. The number of hydrogen-bond donors (Lipinski definition) is 3. The van der Waals surface area contributed by atoms with Crippen LogP contribution in [0.4, 0.5) is 0 Å². The molecule has 14 nitrogen and oxygen atoms in total. The van der Waals surface area contributed by atoms with E-state index in [4.69, 9.17) is 23.7 Å². The number of nitrogens with zero attached hydrogens (tertiary/aromatic N) is 1. The Morgan fingerprint density at radius 1 is 0.887 bits per heavy atom. The fourth-order valence-corrected chi connectivity index (χ4v) is 9.89. The molecule has 0 radical (unpaired) electrons. The van der Waals surface area contributed by atoms with Crippen LogP contribution in [-0.4, -0.2) is 132 Å². The van der Waals surface area contributed by atoms with Crippen molar-refractivity contribution >= 4 is 29.2 Å². The maximum Gasteiger partial charge on any atom is 0.329 e. The van der Waals surface area contributed by atoms with Gasteiger partial charge in [-0.1, -0.05) is 50.6 Å². The minimum absolute atomic E-state index is 0.0250. The Hall–Kier alpha value is -3.11. The third kappa shape index (κ3) is 13.2. The SMILES string of the molecule is CO[C@H]1C[C@@H](C)C/C(C)=C/[C@@H](C/C=C/CCC(C)=O)C(=O)C[C@H](O)[C@@H](C)[C@@H](/C(C)=C/[C@@H]2CC[C@@H](O)[C@H](OC)C2)OC(=O)[C@@H]2CCCCN2C(=O)C(=O)[C@]2(O)O[C@H]1[C@@H](OC)C[C@H]2C. The molecule has 0 aromatic heterocycles. The van der Waals surface area contributed by atoms with Crippen molar-refractivity contribution in [2.24, 2.45) is 29.6 Å². The van der Waals surface area contributed by atoms with Gasteiger partial charge in [-0.2, -0.15) is 0 Å². The summed E-state index contributed by atoms with van der Waals surface area (Å²) < 4.78 is 29.9. The predicted octanol–water partition coefficient (Wildman–Crippen LogP) is 5.38. The zero-order chi connectivity index (χ0) is 45.9. The van der Waals surface area contributed by atoms with Crippen LogP contribution in [0.5, 0.6) is 0 Å². The molecule has 4 aliphatic rings. The molecule has 14 heteroatoms. The Balaban J connectivity index is 1.79. The second-order valence-electron chi connectivity index (χ2n) is 18.7. The number of Topliss-reactive ketones (excluding diaryl/α,β-unsaturated/α-hetero) is 3. The van der Waals surface area contributed by atoms with Crippen molar-refractivity contribution < 1.29 is 63.0 Å². The molecule has 3 fully saturated rings. The number of fused-ring (bicyclic) bond motifs is 3. The summed E-state index contributed by atoms with van der Waals surface area (Å²) >= 11 is 0. The summed E-state index contributed by atoms with van der Waals surface area (Å²) in [7, 11) is 4.60. The van der Waals surface area contributed by atoms with Crippen molar-refractivity contribution in [3.8, 4) is 0 Å². The number of cyclic esters (lactones) is 1. The van der Waals surface area contributed by atoms with Crippen LogP contribution in [0.15, 0.2) is 35.5 Å². The summed E-state index contributed by atoms with van der Waals surface area (Å²) in [4.78, 5) is 70.0. The van der Waals surface area contributed by atoms with E-state index in [2.05, 4.69) is 0 Å². The van der Waals surface area contributed by atoms with E-state index in [1.165, 1.54) is 26.0 Å². The molecule has 0 aromatic carbocycles. The average Bonchev–Trinajstić information content (AvgIpc) is 3.24. The first-order chi connectivity index (χ1) is 29.3. The fourth-order valence-electron chi connectivity index (χ4n) is 9.89. The van der Waals surface area contributed by atoms with Crippen LogP contribution in [-0.2, 0) is 47.7 Å². The number of carbonyl (C=O) groups excluding carboxylic acids is 5. The zero-order valence-corrected chi connectivity index (χ0v) is 38.6. The Bertz CT molecular complexity index is 1640. The van der Waals surface area contributed by atoms with Crippen LogP contribution in [0.2, 0.25) is 0 Å². The molecule has 0 spiro atoms.